The van der Waals surface area contributed by atoms with Crippen LogP contribution < -0.4 is 9.47 Å². The van der Waals surface area contributed by atoms with Crippen molar-refractivity contribution >= 4 is 22.5 Å². The molecule has 0 aromatic heterocycles. The van der Waals surface area contributed by atoms with E-state index in [1.165, 1.54) is 7.11 Å². The van der Waals surface area contributed by atoms with E-state index in [0.29, 0.717) is 37.2 Å². The van der Waals surface area contributed by atoms with Crippen LogP contribution in [0.5, 0.6) is 11.5 Å². The van der Waals surface area contributed by atoms with Crippen molar-refractivity contribution in [3.63, 3.8) is 0 Å². The lowest BCUT2D eigenvalue weighted by Gasteiger charge is -2.11. The number of ketones is 1. The van der Waals surface area contributed by atoms with Gasteiger partial charge in [-0.1, -0.05) is 60.7 Å². The van der Waals surface area contributed by atoms with E-state index in [4.69, 9.17) is 19.3 Å². The molecule has 6 heteroatoms. The van der Waals surface area contributed by atoms with E-state index in [-0.39, 0.29) is 5.78 Å². The molecule has 0 aliphatic heterocycles. The number of benzene rings is 4. The summed E-state index contributed by atoms with van der Waals surface area (Å²) >= 11 is 0. The molecule has 0 unspecified atom stereocenters. The quantitative estimate of drug-likeness (QED) is 0.209. The van der Waals surface area contributed by atoms with Crippen molar-refractivity contribution in [1.82, 2.24) is 0 Å². The molecule has 4 aromatic carbocycles. The normalized spacial score (nSPS) is 11.7. The fourth-order valence-electron chi connectivity index (χ4n) is 3.86. The van der Waals surface area contributed by atoms with Crippen molar-refractivity contribution in [3.05, 3.63) is 108 Å². The lowest BCUT2D eigenvalue weighted by Crippen LogP contribution is -2.24. The molecule has 4 rings (SSSR count). The van der Waals surface area contributed by atoms with Gasteiger partial charge in [-0.2, -0.15) is 0 Å². The van der Waals surface area contributed by atoms with E-state index in [9.17, 15) is 9.59 Å². The molecule has 4 aromatic rings. The van der Waals surface area contributed by atoms with Gasteiger partial charge in [-0.05, 0) is 46.7 Å². The van der Waals surface area contributed by atoms with Crippen LogP contribution >= 0.6 is 0 Å². The van der Waals surface area contributed by atoms with Gasteiger partial charge in [0.1, 0.15) is 11.5 Å². The van der Waals surface area contributed by atoms with E-state index in [0.717, 1.165) is 27.8 Å². The zero-order chi connectivity index (χ0) is 25.3. The van der Waals surface area contributed by atoms with E-state index in [1.807, 2.05) is 91.0 Å². The molecular formula is C30H28O6. The molecule has 184 valence electrons. The third-order valence-corrected chi connectivity index (χ3v) is 5.84. The average molecular weight is 485 g/mol. The van der Waals surface area contributed by atoms with Crippen molar-refractivity contribution < 1.29 is 28.9 Å². The van der Waals surface area contributed by atoms with E-state index >= 15 is 0 Å². The lowest BCUT2D eigenvalue weighted by atomic mass is 10.00. The molecule has 0 radical (unpaired) electrons. The summed E-state index contributed by atoms with van der Waals surface area (Å²) in [5.41, 5.74) is 2.20. The summed E-state index contributed by atoms with van der Waals surface area (Å²) in [5.74, 6) is 0.508. The summed E-state index contributed by atoms with van der Waals surface area (Å²) in [4.78, 5) is 23.8. The molecule has 0 saturated heterocycles. The van der Waals surface area contributed by atoms with Gasteiger partial charge in [0.2, 0.25) is 0 Å². The van der Waals surface area contributed by atoms with Gasteiger partial charge in [-0.3, -0.25) is 4.79 Å². The van der Waals surface area contributed by atoms with Crippen molar-refractivity contribution in [1.29, 1.82) is 0 Å². The van der Waals surface area contributed by atoms with Crippen molar-refractivity contribution in [3.8, 4) is 11.5 Å². The van der Waals surface area contributed by atoms with Gasteiger partial charge in [-0.15, -0.1) is 0 Å². The smallest absolute Gasteiger partial charge is 0.333 e. The topological polar surface area (TPSA) is 82.1 Å². The fraction of sp³-hybridized carbons (Fsp3) is 0.200. The molecule has 1 N–H and O–H groups in total. The van der Waals surface area contributed by atoms with Crippen molar-refractivity contribution in [2.75, 3.05) is 20.3 Å². The first-order valence-electron chi connectivity index (χ1n) is 11.8. The van der Waals surface area contributed by atoms with Crippen molar-refractivity contribution in [2.24, 2.45) is 0 Å². The summed E-state index contributed by atoms with van der Waals surface area (Å²) in [7, 11) is 1.39. The standard InChI is InChI=1S/C30H28O6/c1-34-28(30(32)33)18-21-8-13-26(14-9-21)35-16-5-17-36-27-15-12-23-19-25(11-10-24(23)20-27)29(31)22-6-3-2-4-7-22/h2-4,6-15,19-20,28H,5,16-18H2,1H3,(H,32,33)/t28-/m0/s1. The highest BCUT2D eigenvalue weighted by Gasteiger charge is 2.16. The van der Waals surface area contributed by atoms with Crippen LogP contribution in [0.25, 0.3) is 10.8 Å². The Morgan fingerprint density at radius 2 is 1.39 bits per heavy atom. The number of carbonyl (C=O) groups excluding carboxylic acids is 1. The Morgan fingerprint density at radius 1 is 0.750 bits per heavy atom. The molecular weight excluding hydrogens is 456 g/mol. The Kier molecular flexibility index (Phi) is 8.32. The van der Waals surface area contributed by atoms with Crippen LogP contribution in [0.2, 0.25) is 0 Å². The molecule has 0 amide bonds. The summed E-state index contributed by atoms with van der Waals surface area (Å²) in [5, 5.41) is 11.1. The third-order valence-electron chi connectivity index (χ3n) is 5.84. The van der Waals surface area contributed by atoms with Crippen molar-refractivity contribution in [2.45, 2.75) is 18.9 Å². The first-order valence-corrected chi connectivity index (χ1v) is 11.8. The van der Waals surface area contributed by atoms with Gasteiger partial charge < -0.3 is 19.3 Å². The number of rotatable bonds is 12. The van der Waals surface area contributed by atoms with E-state index in [1.54, 1.807) is 0 Å². The van der Waals surface area contributed by atoms with Crippen LogP contribution in [-0.2, 0) is 16.0 Å². The Morgan fingerprint density at radius 3 is 2.08 bits per heavy atom. The third kappa shape index (κ3) is 6.49. The number of methoxy groups -OCH3 is 1. The van der Waals surface area contributed by atoms with Crippen LogP contribution in [0, 0.1) is 0 Å². The average Bonchev–Trinajstić information content (AvgIpc) is 2.91. The molecule has 1 atom stereocenters. The number of aliphatic carboxylic acids is 1. The highest BCUT2D eigenvalue weighted by molar-refractivity contribution is 6.10. The fourth-order valence-corrected chi connectivity index (χ4v) is 3.86. The largest absolute Gasteiger partial charge is 0.493 e. The minimum Gasteiger partial charge on any atom is -0.493 e. The monoisotopic (exact) mass is 484 g/mol. The molecule has 0 spiro atoms. The molecule has 0 aliphatic carbocycles. The predicted octanol–water partition coefficient (Wildman–Crippen LogP) is 5.56. The van der Waals surface area contributed by atoms with E-state index < -0.39 is 12.1 Å². The van der Waals surface area contributed by atoms with Gasteiger partial charge in [0.15, 0.2) is 11.9 Å². The van der Waals surface area contributed by atoms with Crippen LogP contribution in [-0.4, -0.2) is 43.3 Å². The number of ether oxygens (including phenoxy) is 3. The number of carbonyl (C=O) groups is 2. The second kappa shape index (κ2) is 12.0. The zero-order valence-electron chi connectivity index (χ0n) is 20.1. The number of carboxylic acids is 1. The number of hydrogen-bond acceptors (Lipinski definition) is 5. The second-order valence-corrected chi connectivity index (χ2v) is 8.38. The summed E-state index contributed by atoms with van der Waals surface area (Å²) in [6.07, 6.45) is 0.147. The molecule has 0 bridgehead atoms. The Labute approximate surface area is 210 Å². The lowest BCUT2D eigenvalue weighted by molar-refractivity contribution is -0.148. The number of hydrogen-bond donors (Lipinski definition) is 1. The Hall–Kier alpha value is -4.16. The second-order valence-electron chi connectivity index (χ2n) is 8.38. The highest BCUT2D eigenvalue weighted by Crippen LogP contribution is 2.23. The highest BCUT2D eigenvalue weighted by atomic mass is 16.5. The predicted molar refractivity (Wildman–Crippen MR) is 138 cm³/mol. The first-order chi connectivity index (χ1) is 17.5. The van der Waals surface area contributed by atoms with Gasteiger partial charge in [0.25, 0.3) is 0 Å². The Bertz CT molecular complexity index is 1310. The summed E-state index contributed by atoms with van der Waals surface area (Å²) in [6.45, 7) is 0.996. The summed E-state index contributed by atoms with van der Waals surface area (Å²) < 4.78 is 16.6. The van der Waals surface area contributed by atoms with Gasteiger partial charge in [0, 0.05) is 31.1 Å². The minimum atomic E-state index is -0.979. The summed E-state index contributed by atoms with van der Waals surface area (Å²) in [6, 6.07) is 28.1. The molecule has 0 saturated carbocycles. The van der Waals surface area contributed by atoms with Crippen LogP contribution in [0.1, 0.15) is 27.9 Å². The maximum Gasteiger partial charge on any atom is 0.333 e. The maximum atomic E-state index is 12.7. The maximum absolute atomic E-state index is 12.7. The van der Waals surface area contributed by atoms with Gasteiger partial charge in [0.05, 0.1) is 13.2 Å². The van der Waals surface area contributed by atoms with Crippen LogP contribution in [0.15, 0.2) is 91.0 Å². The molecule has 36 heavy (non-hydrogen) atoms. The molecule has 6 nitrogen and oxygen atoms in total. The van der Waals surface area contributed by atoms with Gasteiger partial charge >= 0.3 is 5.97 Å². The SMILES string of the molecule is CO[C@@H](Cc1ccc(OCCCOc2ccc3cc(C(=O)c4ccccc4)ccc3c2)cc1)C(=O)O. The molecule has 0 heterocycles. The van der Waals surface area contributed by atoms with E-state index in [2.05, 4.69) is 0 Å². The molecule has 0 fully saturated rings. The minimum absolute atomic E-state index is 0.00639. The van der Waals surface area contributed by atoms with Crippen LogP contribution in [0.3, 0.4) is 0 Å². The Balaban J connectivity index is 1.24. The van der Waals surface area contributed by atoms with Crippen LogP contribution in [0.4, 0.5) is 0 Å². The molecule has 0 aliphatic rings. The number of carboxylic acid groups (broad SMARTS) is 1. The number of fused-ring (bicyclic) bond motifs is 1. The van der Waals surface area contributed by atoms with Gasteiger partial charge in [-0.25, -0.2) is 4.79 Å². The first kappa shape index (κ1) is 24.9. The zero-order valence-corrected chi connectivity index (χ0v) is 20.1.